The average Bonchev–Trinajstić information content (AvgIpc) is 2.23. The molecule has 0 aromatic heterocycles. The van der Waals surface area contributed by atoms with E-state index >= 15 is 0 Å². The first kappa shape index (κ1) is 12.1. The number of halogens is 1. The van der Waals surface area contributed by atoms with Gasteiger partial charge < -0.3 is 5.11 Å². The molecule has 0 aliphatic heterocycles. The topological polar surface area (TPSA) is 37.3 Å². The number of aliphatic carboxylic acids is 1. The molecule has 3 heteroatoms. The van der Waals surface area contributed by atoms with Gasteiger partial charge in [0.25, 0.3) is 0 Å². The molecule has 1 atom stereocenters. The van der Waals surface area contributed by atoms with Gasteiger partial charge in [-0.25, -0.2) is 4.39 Å². The standard InChI is InChI=1S/C14H17FO2/c1-14(2)10(7-13(16)17)5-3-9-4-6-11(15)8-12(9)14/h4,6,8,10H,3,5,7H2,1-2H3,(H,16,17). The van der Waals surface area contributed by atoms with Crippen molar-refractivity contribution >= 4 is 5.97 Å². The lowest BCUT2D eigenvalue weighted by Gasteiger charge is -2.40. The highest BCUT2D eigenvalue weighted by Crippen LogP contribution is 2.42. The highest BCUT2D eigenvalue weighted by Gasteiger charge is 2.37. The molecule has 0 spiro atoms. The Labute approximate surface area is 100 Å². The van der Waals surface area contributed by atoms with Crippen molar-refractivity contribution in [1.82, 2.24) is 0 Å². The summed E-state index contributed by atoms with van der Waals surface area (Å²) >= 11 is 0. The van der Waals surface area contributed by atoms with E-state index in [1.165, 1.54) is 6.07 Å². The van der Waals surface area contributed by atoms with Crippen LogP contribution in [0.15, 0.2) is 18.2 Å². The summed E-state index contributed by atoms with van der Waals surface area (Å²) in [5, 5.41) is 8.93. The summed E-state index contributed by atoms with van der Waals surface area (Å²) in [4.78, 5) is 10.9. The van der Waals surface area contributed by atoms with E-state index in [1.54, 1.807) is 6.07 Å². The van der Waals surface area contributed by atoms with Crippen LogP contribution < -0.4 is 0 Å². The summed E-state index contributed by atoms with van der Waals surface area (Å²) in [6, 6.07) is 4.86. The predicted molar refractivity (Wildman–Crippen MR) is 63.5 cm³/mol. The summed E-state index contributed by atoms with van der Waals surface area (Å²) in [6.07, 6.45) is 1.86. The second-order valence-electron chi connectivity index (χ2n) is 5.36. The maximum atomic E-state index is 13.3. The fourth-order valence-corrected chi connectivity index (χ4v) is 2.84. The van der Waals surface area contributed by atoms with Gasteiger partial charge in [0.05, 0.1) is 0 Å². The number of carboxylic acid groups (broad SMARTS) is 1. The van der Waals surface area contributed by atoms with Crippen LogP contribution in [0.1, 0.15) is 37.8 Å². The molecule has 1 unspecified atom stereocenters. The molecule has 1 N–H and O–H groups in total. The molecule has 0 saturated heterocycles. The van der Waals surface area contributed by atoms with Crippen molar-refractivity contribution in [3.63, 3.8) is 0 Å². The van der Waals surface area contributed by atoms with Crippen molar-refractivity contribution in [1.29, 1.82) is 0 Å². The lowest BCUT2D eigenvalue weighted by atomic mass is 9.64. The predicted octanol–water partition coefficient (Wildman–Crippen LogP) is 3.14. The zero-order chi connectivity index (χ0) is 12.6. The minimum atomic E-state index is -0.775. The fourth-order valence-electron chi connectivity index (χ4n) is 2.84. The normalized spacial score (nSPS) is 21.9. The van der Waals surface area contributed by atoms with Gasteiger partial charge in [0.2, 0.25) is 0 Å². The maximum absolute atomic E-state index is 13.3. The number of carbonyl (C=O) groups is 1. The van der Waals surface area contributed by atoms with Gasteiger partial charge in [-0.15, -0.1) is 0 Å². The second-order valence-corrected chi connectivity index (χ2v) is 5.36. The molecule has 92 valence electrons. The molecule has 0 amide bonds. The third-order valence-electron chi connectivity index (χ3n) is 3.97. The summed E-state index contributed by atoms with van der Waals surface area (Å²) in [6.45, 7) is 4.02. The second kappa shape index (κ2) is 4.13. The number of fused-ring (bicyclic) bond motifs is 1. The van der Waals surface area contributed by atoms with Crippen LogP contribution in [0.5, 0.6) is 0 Å². The number of hydrogen-bond donors (Lipinski definition) is 1. The maximum Gasteiger partial charge on any atom is 0.303 e. The minimum Gasteiger partial charge on any atom is -0.481 e. The molecule has 2 nitrogen and oxygen atoms in total. The molecule has 1 aliphatic rings. The highest BCUT2D eigenvalue weighted by molar-refractivity contribution is 5.67. The van der Waals surface area contributed by atoms with E-state index in [9.17, 15) is 9.18 Å². The summed E-state index contributed by atoms with van der Waals surface area (Å²) in [7, 11) is 0. The largest absolute Gasteiger partial charge is 0.481 e. The Morgan fingerprint density at radius 1 is 1.53 bits per heavy atom. The smallest absolute Gasteiger partial charge is 0.303 e. The summed E-state index contributed by atoms with van der Waals surface area (Å²) < 4.78 is 13.3. The van der Waals surface area contributed by atoms with Gasteiger partial charge in [0.1, 0.15) is 5.82 Å². The van der Waals surface area contributed by atoms with Gasteiger partial charge in [-0.05, 0) is 47.4 Å². The molecular weight excluding hydrogens is 219 g/mol. The Morgan fingerprint density at radius 3 is 2.88 bits per heavy atom. The van der Waals surface area contributed by atoms with E-state index in [0.29, 0.717) is 0 Å². The minimum absolute atomic E-state index is 0.0781. The molecule has 17 heavy (non-hydrogen) atoms. The van der Waals surface area contributed by atoms with Gasteiger partial charge in [-0.1, -0.05) is 19.9 Å². The van der Waals surface area contributed by atoms with Crippen LogP contribution in [0, 0.1) is 11.7 Å². The van der Waals surface area contributed by atoms with Gasteiger partial charge in [0, 0.05) is 6.42 Å². The summed E-state index contributed by atoms with van der Waals surface area (Å²) in [5.74, 6) is -0.940. The van der Waals surface area contributed by atoms with Gasteiger partial charge in [-0.3, -0.25) is 4.79 Å². The Balaban J connectivity index is 2.39. The number of benzene rings is 1. The third-order valence-corrected chi connectivity index (χ3v) is 3.97. The fraction of sp³-hybridized carbons (Fsp3) is 0.500. The van der Waals surface area contributed by atoms with Crippen LogP contribution >= 0.6 is 0 Å². The van der Waals surface area contributed by atoms with Crippen LogP contribution in [0.3, 0.4) is 0 Å². The van der Waals surface area contributed by atoms with Crippen LogP contribution in [-0.2, 0) is 16.6 Å². The van der Waals surface area contributed by atoms with E-state index in [-0.39, 0.29) is 23.6 Å². The SMILES string of the molecule is CC1(C)c2cc(F)ccc2CCC1CC(=O)O. The highest BCUT2D eigenvalue weighted by atomic mass is 19.1. The van der Waals surface area contributed by atoms with Crippen LogP contribution in [0.25, 0.3) is 0 Å². The monoisotopic (exact) mass is 236 g/mol. The molecule has 0 saturated carbocycles. The third kappa shape index (κ3) is 2.19. The van der Waals surface area contributed by atoms with Gasteiger partial charge in [-0.2, -0.15) is 0 Å². The van der Waals surface area contributed by atoms with Gasteiger partial charge in [0.15, 0.2) is 0 Å². The molecule has 1 aromatic carbocycles. The van der Waals surface area contributed by atoms with E-state index in [4.69, 9.17) is 5.11 Å². The van der Waals surface area contributed by atoms with Crippen molar-refractivity contribution in [2.45, 2.75) is 38.5 Å². The zero-order valence-electron chi connectivity index (χ0n) is 10.2. The molecule has 0 heterocycles. The van der Waals surface area contributed by atoms with Crippen LogP contribution in [-0.4, -0.2) is 11.1 Å². The van der Waals surface area contributed by atoms with E-state index in [2.05, 4.69) is 0 Å². The van der Waals surface area contributed by atoms with Gasteiger partial charge >= 0.3 is 5.97 Å². The quantitative estimate of drug-likeness (QED) is 0.856. The number of carboxylic acids is 1. The first-order chi connectivity index (χ1) is 7.91. The van der Waals surface area contributed by atoms with Crippen LogP contribution in [0.4, 0.5) is 4.39 Å². The van der Waals surface area contributed by atoms with Crippen molar-refractivity contribution < 1.29 is 14.3 Å². The van der Waals surface area contributed by atoms with E-state index < -0.39 is 5.97 Å². The van der Waals surface area contributed by atoms with Crippen molar-refractivity contribution in [2.75, 3.05) is 0 Å². The molecule has 1 aromatic rings. The molecule has 0 fully saturated rings. The zero-order valence-corrected chi connectivity index (χ0v) is 10.2. The molecule has 2 rings (SSSR count). The van der Waals surface area contributed by atoms with Crippen molar-refractivity contribution in [2.24, 2.45) is 5.92 Å². The van der Waals surface area contributed by atoms with Crippen molar-refractivity contribution in [3.05, 3.63) is 35.1 Å². The summed E-state index contributed by atoms with van der Waals surface area (Å²) in [5.41, 5.74) is 1.85. The van der Waals surface area contributed by atoms with E-state index in [1.807, 2.05) is 19.9 Å². The number of aryl methyl sites for hydroxylation is 1. The lowest BCUT2D eigenvalue weighted by Crippen LogP contribution is -2.35. The Kier molecular flexibility index (Phi) is 2.94. The lowest BCUT2D eigenvalue weighted by molar-refractivity contribution is -0.138. The first-order valence-corrected chi connectivity index (χ1v) is 5.92. The molecule has 1 aliphatic carbocycles. The number of rotatable bonds is 2. The van der Waals surface area contributed by atoms with Crippen molar-refractivity contribution in [3.8, 4) is 0 Å². The Bertz CT molecular complexity index is 452. The molecule has 0 bridgehead atoms. The van der Waals surface area contributed by atoms with Crippen LogP contribution in [0.2, 0.25) is 0 Å². The Hall–Kier alpha value is -1.38. The molecular formula is C14H17FO2. The van der Waals surface area contributed by atoms with E-state index in [0.717, 1.165) is 24.0 Å². The molecule has 0 radical (unpaired) electrons. The first-order valence-electron chi connectivity index (χ1n) is 5.92. The number of hydrogen-bond acceptors (Lipinski definition) is 1. The Morgan fingerprint density at radius 2 is 2.24 bits per heavy atom. The average molecular weight is 236 g/mol.